The molecule has 0 unspecified atom stereocenters. The average Bonchev–Trinajstić information content (AvgIpc) is 2.63. The van der Waals surface area contributed by atoms with Gasteiger partial charge in [-0.25, -0.2) is 4.57 Å². The first-order valence-electron chi connectivity index (χ1n) is 7.85. The van der Waals surface area contributed by atoms with E-state index in [1.165, 1.54) is 33.2 Å². The molecule has 0 saturated heterocycles. The van der Waals surface area contributed by atoms with Gasteiger partial charge in [-0.3, -0.25) is 0 Å². The molecule has 3 aromatic carbocycles. The lowest BCUT2D eigenvalue weighted by Crippen LogP contribution is -3.00. The first kappa shape index (κ1) is 16.7. The average molecular weight is 423 g/mol. The maximum absolute atomic E-state index is 2.26. The van der Waals surface area contributed by atoms with E-state index < -0.39 is 0 Å². The second-order valence-corrected chi connectivity index (χ2v) is 5.84. The predicted molar refractivity (Wildman–Crippen MR) is 96.0 cm³/mol. The standard InChI is InChI=1S/C22H18N.HI/c1-23-15-5-8-20-13-14-21(16-22(20)23)19-11-9-18(10-12-19)17-6-3-2-4-7-17;/h2-16H,1H3;1H/q+1;/p-1. The molecule has 0 amide bonds. The van der Waals surface area contributed by atoms with E-state index in [9.17, 15) is 0 Å². The fraction of sp³-hybridized carbons (Fsp3) is 0.0455. The van der Waals surface area contributed by atoms with E-state index in [2.05, 4.69) is 96.7 Å². The Bertz CT molecular complexity index is 960. The van der Waals surface area contributed by atoms with Crippen LogP contribution in [0.1, 0.15) is 0 Å². The Morgan fingerprint density at radius 3 is 1.88 bits per heavy atom. The summed E-state index contributed by atoms with van der Waals surface area (Å²) in [4.78, 5) is 0. The third-order valence-corrected chi connectivity index (χ3v) is 4.32. The fourth-order valence-corrected chi connectivity index (χ4v) is 3.01. The summed E-state index contributed by atoms with van der Waals surface area (Å²) in [5.41, 5.74) is 6.25. The summed E-state index contributed by atoms with van der Waals surface area (Å²) in [5, 5.41) is 1.26. The minimum atomic E-state index is 0. The van der Waals surface area contributed by atoms with Crippen LogP contribution in [0.25, 0.3) is 33.2 Å². The number of nitrogens with zero attached hydrogens (tertiary/aromatic N) is 1. The summed E-state index contributed by atoms with van der Waals surface area (Å²) >= 11 is 0. The second-order valence-electron chi connectivity index (χ2n) is 5.84. The largest absolute Gasteiger partial charge is 1.00 e. The zero-order valence-electron chi connectivity index (χ0n) is 13.5. The quantitative estimate of drug-likeness (QED) is 0.343. The van der Waals surface area contributed by atoms with E-state index in [0.29, 0.717) is 0 Å². The van der Waals surface area contributed by atoms with E-state index in [1.807, 2.05) is 6.07 Å². The lowest BCUT2D eigenvalue weighted by molar-refractivity contribution is -0.644. The Morgan fingerprint density at radius 2 is 1.17 bits per heavy atom. The molecule has 0 aliphatic carbocycles. The van der Waals surface area contributed by atoms with Crippen molar-refractivity contribution in [2.24, 2.45) is 7.05 Å². The molecule has 0 fully saturated rings. The highest BCUT2D eigenvalue weighted by Gasteiger charge is 2.07. The minimum absolute atomic E-state index is 0. The Balaban J connectivity index is 0.00000169. The van der Waals surface area contributed by atoms with Gasteiger partial charge in [-0.2, -0.15) is 0 Å². The maximum atomic E-state index is 2.26. The van der Waals surface area contributed by atoms with Gasteiger partial charge in [0.05, 0.1) is 0 Å². The highest BCUT2D eigenvalue weighted by atomic mass is 127. The highest BCUT2D eigenvalue weighted by Crippen LogP contribution is 2.26. The van der Waals surface area contributed by atoms with E-state index in [-0.39, 0.29) is 24.0 Å². The van der Waals surface area contributed by atoms with Crippen LogP contribution in [0.5, 0.6) is 0 Å². The van der Waals surface area contributed by atoms with Crippen molar-refractivity contribution >= 4 is 10.9 Å². The predicted octanol–water partition coefficient (Wildman–Crippen LogP) is 2.00. The zero-order valence-corrected chi connectivity index (χ0v) is 15.6. The van der Waals surface area contributed by atoms with Gasteiger partial charge in [-0.1, -0.05) is 60.7 Å². The zero-order chi connectivity index (χ0) is 15.6. The molecule has 1 aromatic heterocycles. The molecule has 1 heterocycles. The molecule has 0 saturated carbocycles. The SMILES string of the molecule is C[n+]1cccc2ccc(-c3ccc(-c4ccccc4)cc3)cc21.[I-]. The third kappa shape index (κ3) is 3.20. The normalized spacial score (nSPS) is 10.4. The van der Waals surface area contributed by atoms with Gasteiger partial charge in [-0.15, -0.1) is 0 Å². The van der Waals surface area contributed by atoms with Crippen LogP contribution >= 0.6 is 0 Å². The molecule has 2 heteroatoms. The molecule has 0 aliphatic rings. The first-order chi connectivity index (χ1) is 11.3. The van der Waals surface area contributed by atoms with Crippen LogP contribution < -0.4 is 28.5 Å². The fourth-order valence-electron chi connectivity index (χ4n) is 3.01. The molecule has 4 aromatic rings. The molecule has 0 radical (unpaired) electrons. The summed E-state index contributed by atoms with van der Waals surface area (Å²) in [6.07, 6.45) is 2.09. The van der Waals surface area contributed by atoms with Crippen molar-refractivity contribution in [3.63, 3.8) is 0 Å². The molecule has 0 N–H and O–H groups in total. The number of aromatic nitrogens is 1. The summed E-state index contributed by atoms with van der Waals surface area (Å²) in [6, 6.07) is 30.2. The van der Waals surface area contributed by atoms with Crippen molar-refractivity contribution < 1.29 is 28.5 Å². The maximum Gasteiger partial charge on any atom is 0.212 e. The Labute approximate surface area is 159 Å². The minimum Gasteiger partial charge on any atom is -1.00 e. The molecule has 4 rings (SSSR count). The van der Waals surface area contributed by atoms with Crippen LogP contribution in [0, 0.1) is 0 Å². The lowest BCUT2D eigenvalue weighted by atomic mass is 9.99. The number of halogens is 1. The number of aryl methyl sites for hydroxylation is 1. The topological polar surface area (TPSA) is 3.88 Å². The van der Waals surface area contributed by atoms with Gasteiger partial charge in [0.25, 0.3) is 0 Å². The van der Waals surface area contributed by atoms with E-state index >= 15 is 0 Å². The number of benzene rings is 3. The Morgan fingerprint density at radius 1 is 0.583 bits per heavy atom. The molecular formula is C22H18IN. The molecular weight excluding hydrogens is 405 g/mol. The second kappa shape index (κ2) is 7.14. The van der Waals surface area contributed by atoms with Gasteiger partial charge in [0, 0.05) is 17.5 Å². The van der Waals surface area contributed by atoms with Crippen molar-refractivity contribution in [2.45, 2.75) is 0 Å². The van der Waals surface area contributed by atoms with Crippen molar-refractivity contribution in [3.05, 3.63) is 91.1 Å². The van der Waals surface area contributed by atoms with Crippen LogP contribution in [0.4, 0.5) is 0 Å². The van der Waals surface area contributed by atoms with Crippen molar-refractivity contribution in [1.29, 1.82) is 0 Å². The van der Waals surface area contributed by atoms with Crippen LogP contribution in [-0.4, -0.2) is 0 Å². The summed E-state index contributed by atoms with van der Waals surface area (Å²) in [5.74, 6) is 0. The first-order valence-corrected chi connectivity index (χ1v) is 7.85. The summed E-state index contributed by atoms with van der Waals surface area (Å²) < 4.78 is 2.16. The Kier molecular flexibility index (Phi) is 4.95. The molecule has 1 nitrogen and oxygen atoms in total. The lowest BCUT2D eigenvalue weighted by Gasteiger charge is -2.06. The van der Waals surface area contributed by atoms with Gasteiger partial charge in [0.15, 0.2) is 6.20 Å². The number of rotatable bonds is 2. The molecule has 0 atom stereocenters. The number of fused-ring (bicyclic) bond motifs is 1. The monoisotopic (exact) mass is 423 g/mol. The molecule has 0 aliphatic heterocycles. The van der Waals surface area contributed by atoms with Gasteiger partial charge < -0.3 is 24.0 Å². The van der Waals surface area contributed by atoms with Crippen LogP contribution in [0.2, 0.25) is 0 Å². The van der Waals surface area contributed by atoms with Gasteiger partial charge in [0.1, 0.15) is 7.05 Å². The van der Waals surface area contributed by atoms with Crippen molar-refractivity contribution in [3.8, 4) is 22.3 Å². The Hall–Kier alpha value is -2.20. The van der Waals surface area contributed by atoms with Crippen molar-refractivity contribution in [1.82, 2.24) is 0 Å². The van der Waals surface area contributed by atoms with Gasteiger partial charge in [0.2, 0.25) is 5.52 Å². The van der Waals surface area contributed by atoms with Crippen molar-refractivity contribution in [2.75, 3.05) is 0 Å². The van der Waals surface area contributed by atoms with E-state index in [0.717, 1.165) is 0 Å². The third-order valence-electron chi connectivity index (χ3n) is 4.32. The molecule has 24 heavy (non-hydrogen) atoms. The van der Waals surface area contributed by atoms with E-state index in [1.54, 1.807) is 0 Å². The summed E-state index contributed by atoms with van der Waals surface area (Å²) in [6.45, 7) is 0. The van der Waals surface area contributed by atoms with Crippen LogP contribution in [-0.2, 0) is 7.05 Å². The van der Waals surface area contributed by atoms with Crippen LogP contribution in [0.3, 0.4) is 0 Å². The summed E-state index contributed by atoms with van der Waals surface area (Å²) in [7, 11) is 2.09. The molecule has 118 valence electrons. The molecule has 0 bridgehead atoms. The number of hydrogen-bond acceptors (Lipinski definition) is 0. The van der Waals surface area contributed by atoms with Gasteiger partial charge >= 0.3 is 0 Å². The molecule has 0 spiro atoms. The van der Waals surface area contributed by atoms with E-state index in [4.69, 9.17) is 0 Å². The number of pyridine rings is 1. The smallest absolute Gasteiger partial charge is 0.212 e. The van der Waals surface area contributed by atoms with Gasteiger partial charge in [-0.05, 0) is 34.4 Å². The van der Waals surface area contributed by atoms with Crippen LogP contribution in [0.15, 0.2) is 91.1 Å². The number of hydrogen-bond donors (Lipinski definition) is 0. The highest BCUT2D eigenvalue weighted by molar-refractivity contribution is 5.82.